The third kappa shape index (κ3) is 5.27. The first-order chi connectivity index (χ1) is 20.5. The molecule has 0 spiro atoms. The number of hydrogen-bond donors (Lipinski definition) is 0. The average molecular weight is 617 g/mol. The summed E-state index contributed by atoms with van der Waals surface area (Å²) < 4.78 is 5.19. The lowest BCUT2D eigenvalue weighted by atomic mass is 9.91. The number of benzene rings is 1. The fraction of sp³-hybridized carbons (Fsp3) is 0.406. The molecule has 0 aliphatic carbocycles. The Balaban J connectivity index is 1.68. The smallest absolute Gasteiger partial charge is 0.296 e. The van der Waals surface area contributed by atoms with Gasteiger partial charge in [-0.2, -0.15) is 5.26 Å². The molecule has 2 atom stereocenters. The first-order valence-corrected chi connectivity index (χ1v) is 15.8. The van der Waals surface area contributed by atoms with Gasteiger partial charge in [0.25, 0.3) is 17.0 Å². The minimum absolute atomic E-state index is 0.0710. The zero-order chi connectivity index (χ0) is 31.2. The summed E-state index contributed by atoms with van der Waals surface area (Å²) in [6.07, 6.45) is 3.56. The molecule has 2 saturated heterocycles. The number of nitrogens with zero attached hydrogens (tertiary/aromatic N) is 6. The largest absolute Gasteiger partial charge is 0.357 e. The number of pyridine rings is 1. The Morgan fingerprint density at radius 3 is 2.33 bits per heavy atom. The number of thioether (sulfide) groups is 1. The maximum Gasteiger partial charge on any atom is 0.296 e. The van der Waals surface area contributed by atoms with Crippen molar-refractivity contribution < 1.29 is 4.79 Å². The van der Waals surface area contributed by atoms with Gasteiger partial charge in [0.15, 0.2) is 4.32 Å². The summed E-state index contributed by atoms with van der Waals surface area (Å²) in [4.78, 5) is 45.3. The molecule has 2 fully saturated rings. The molecular weight excluding hydrogens is 581 g/mol. The van der Waals surface area contributed by atoms with Crippen molar-refractivity contribution >= 4 is 51.8 Å². The van der Waals surface area contributed by atoms with Gasteiger partial charge in [-0.1, -0.05) is 63.0 Å². The van der Waals surface area contributed by atoms with Crippen LogP contribution < -0.4 is 20.9 Å². The van der Waals surface area contributed by atoms with Crippen LogP contribution in [0, 0.1) is 37.0 Å². The maximum absolute atomic E-state index is 14.1. The Morgan fingerprint density at radius 2 is 1.72 bits per heavy atom. The van der Waals surface area contributed by atoms with Gasteiger partial charge >= 0.3 is 0 Å². The van der Waals surface area contributed by atoms with E-state index < -0.39 is 5.91 Å². The number of anilines is 2. The Kier molecular flexibility index (Phi) is 8.54. The third-order valence-electron chi connectivity index (χ3n) is 8.28. The van der Waals surface area contributed by atoms with E-state index in [2.05, 4.69) is 24.8 Å². The molecule has 2 unspecified atom stereocenters. The Morgan fingerprint density at radius 1 is 1.07 bits per heavy atom. The van der Waals surface area contributed by atoms with Crippen molar-refractivity contribution in [1.29, 1.82) is 5.26 Å². The van der Waals surface area contributed by atoms with Crippen LogP contribution >= 0.6 is 24.0 Å². The van der Waals surface area contributed by atoms with E-state index in [1.54, 1.807) is 36.2 Å². The van der Waals surface area contributed by atoms with Crippen LogP contribution in [-0.4, -0.2) is 37.2 Å². The maximum atomic E-state index is 14.1. The highest BCUT2D eigenvalue weighted by atomic mass is 32.2. The summed E-state index contributed by atoms with van der Waals surface area (Å²) >= 11 is 6.82. The molecule has 4 heterocycles. The molecule has 0 saturated carbocycles. The molecule has 1 amide bonds. The van der Waals surface area contributed by atoms with E-state index in [0.717, 1.165) is 37.1 Å². The molecule has 0 bridgehead atoms. The normalized spacial score (nSPS) is 19.9. The van der Waals surface area contributed by atoms with Gasteiger partial charge in [0.1, 0.15) is 23.1 Å². The van der Waals surface area contributed by atoms with Crippen molar-refractivity contribution in [1.82, 2.24) is 13.9 Å². The first-order valence-electron chi connectivity index (χ1n) is 14.5. The van der Waals surface area contributed by atoms with Crippen molar-refractivity contribution in [2.45, 2.75) is 54.0 Å². The van der Waals surface area contributed by atoms with Crippen LogP contribution in [0.1, 0.15) is 56.0 Å². The highest BCUT2D eigenvalue weighted by Gasteiger charge is 2.38. The van der Waals surface area contributed by atoms with E-state index in [1.165, 1.54) is 9.58 Å². The number of rotatable bonds is 6. The molecule has 2 aliphatic rings. The molecule has 3 aromatic rings. The van der Waals surface area contributed by atoms with Crippen LogP contribution in [0.4, 0.5) is 11.5 Å². The highest BCUT2D eigenvalue weighted by Crippen LogP contribution is 2.39. The second kappa shape index (κ2) is 12.0. The van der Waals surface area contributed by atoms with Crippen molar-refractivity contribution in [3.05, 3.63) is 78.3 Å². The summed E-state index contributed by atoms with van der Waals surface area (Å²) in [5, 5.41) is 9.99. The average Bonchev–Trinajstić information content (AvgIpc) is 3.35. The van der Waals surface area contributed by atoms with Crippen LogP contribution in [0.2, 0.25) is 0 Å². The van der Waals surface area contributed by atoms with Crippen LogP contribution in [0.5, 0.6) is 0 Å². The van der Waals surface area contributed by atoms with E-state index in [4.69, 9.17) is 12.2 Å². The zero-order valence-electron chi connectivity index (χ0n) is 25.4. The summed E-state index contributed by atoms with van der Waals surface area (Å²) in [6, 6.07) is 11.4. The minimum Gasteiger partial charge on any atom is -0.357 e. The second-order valence-electron chi connectivity index (χ2n) is 11.6. The number of carbonyl (C=O) groups excluding carboxylic acids is 1. The second-order valence-corrected chi connectivity index (χ2v) is 13.3. The van der Waals surface area contributed by atoms with Crippen molar-refractivity contribution in [2.24, 2.45) is 18.9 Å². The minimum atomic E-state index is -0.404. The van der Waals surface area contributed by atoms with Crippen molar-refractivity contribution in [3.63, 3.8) is 0 Å². The number of piperidine rings is 1. The summed E-state index contributed by atoms with van der Waals surface area (Å²) in [6.45, 7) is 12.0. The Hall–Kier alpha value is -3.88. The van der Waals surface area contributed by atoms with E-state index in [0.29, 0.717) is 52.2 Å². The molecule has 9 nitrogen and oxygen atoms in total. The van der Waals surface area contributed by atoms with Gasteiger partial charge in [0.05, 0.1) is 16.3 Å². The van der Waals surface area contributed by atoms with Gasteiger partial charge in [-0.25, -0.2) is 4.68 Å². The molecule has 0 N–H and O–H groups in total. The van der Waals surface area contributed by atoms with Crippen molar-refractivity contribution in [3.8, 4) is 11.8 Å². The first kappa shape index (κ1) is 30.6. The standard InChI is InChI=1S/C32H36N6O3S2/c1-7-13-36-28(35-17-19(2)14-20(3)18-35)24(21(4)25(16-33)29(36)39)15-26-30(40)37(32(42)43-26)27-22(5)34(6)38(31(27)41)23-11-9-8-10-12-23/h8-12,15,19-20H,7,13-14,17-18H2,1-6H3/b26-15-. The predicted molar refractivity (Wildman–Crippen MR) is 177 cm³/mol. The van der Waals surface area contributed by atoms with Crippen LogP contribution in [0.3, 0.4) is 0 Å². The Labute approximate surface area is 261 Å². The summed E-state index contributed by atoms with van der Waals surface area (Å²) in [7, 11) is 1.78. The molecular formula is C32H36N6O3S2. The summed E-state index contributed by atoms with van der Waals surface area (Å²) in [5.41, 5.74) is 2.10. The fourth-order valence-electron chi connectivity index (χ4n) is 6.36. The number of carbonyl (C=O) groups is 1. The van der Waals surface area contributed by atoms with Crippen LogP contribution in [0.15, 0.2) is 44.8 Å². The monoisotopic (exact) mass is 616 g/mol. The molecule has 1 aromatic carbocycles. The molecule has 2 aliphatic heterocycles. The quantitative estimate of drug-likeness (QED) is 0.280. The van der Waals surface area contributed by atoms with Gasteiger partial charge in [-0.15, -0.1) is 0 Å². The number of aromatic nitrogens is 3. The lowest BCUT2D eigenvalue weighted by Crippen LogP contribution is -2.43. The molecule has 224 valence electrons. The number of thiocarbonyl (C=S) groups is 1. The van der Waals surface area contributed by atoms with E-state index in [-0.39, 0.29) is 26.7 Å². The Bertz CT molecular complexity index is 1800. The zero-order valence-corrected chi connectivity index (χ0v) is 27.0. The lowest BCUT2D eigenvalue weighted by Gasteiger charge is -2.39. The van der Waals surface area contributed by atoms with E-state index >= 15 is 0 Å². The molecule has 0 radical (unpaired) electrons. The molecule has 5 rings (SSSR count). The van der Waals surface area contributed by atoms with Crippen LogP contribution in [0.25, 0.3) is 11.8 Å². The number of para-hydroxylation sites is 1. The van der Waals surface area contributed by atoms with Crippen LogP contribution in [-0.2, 0) is 18.4 Å². The van der Waals surface area contributed by atoms with Gasteiger partial charge in [-0.3, -0.25) is 28.5 Å². The van der Waals surface area contributed by atoms with E-state index in [1.807, 2.05) is 37.3 Å². The van der Waals surface area contributed by atoms with Gasteiger partial charge in [0.2, 0.25) is 0 Å². The topological polar surface area (TPSA) is 96.3 Å². The van der Waals surface area contributed by atoms with Gasteiger partial charge in [-0.05, 0) is 62.3 Å². The molecule has 43 heavy (non-hydrogen) atoms. The van der Waals surface area contributed by atoms with Crippen molar-refractivity contribution in [2.75, 3.05) is 22.9 Å². The highest BCUT2D eigenvalue weighted by molar-refractivity contribution is 8.27. The molecule has 2 aromatic heterocycles. The fourth-order valence-corrected chi connectivity index (χ4v) is 7.61. The van der Waals surface area contributed by atoms with Gasteiger partial charge < -0.3 is 4.90 Å². The number of nitriles is 1. The predicted octanol–water partition coefficient (Wildman–Crippen LogP) is 5.12. The molecule has 11 heteroatoms. The summed E-state index contributed by atoms with van der Waals surface area (Å²) in [5.74, 6) is 1.17. The SMILES string of the molecule is CCCn1c(N2CC(C)CC(C)C2)c(/C=C2\SC(=S)N(c3c(C)n(C)n(-c4ccccc4)c3=O)C2=O)c(C)c(C#N)c1=O. The lowest BCUT2D eigenvalue weighted by molar-refractivity contribution is -0.113. The van der Waals surface area contributed by atoms with E-state index in [9.17, 15) is 19.6 Å². The number of hydrogen-bond acceptors (Lipinski definition) is 7. The number of amides is 1. The third-order valence-corrected chi connectivity index (χ3v) is 9.58. The van der Waals surface area contributed by atoms with Gasteiger partial charge in [0, 0.05) is 32.2 Å².